The highest BCUT2D eigenvalue weighted by atomic mass is 19.4. The highest BCUT2D eigenvalue weighted by Crippen LogP contribution is 2.45. The third kappa shape index (κ3) is 1.62. The minimum atomic E-state index is -6.15. The lowest BCUT2D eigenvalue weighted by atomic mass is 10.1. The monoisotopic (exact) mass is 200 g/mol. The first-order chi connectivity index (χ1) is 5.06. The fourth-order valence-electron chi connectivity index (χ4n) is 0.340. The fourth-order valence-corrected chi connectivity index (χ4v) is 0.340. The molecule has 0 aromatic carbocycles. The van der Waals surface area contributed by atoms with Crippen molar-refractivity contribution in [1.29, 1.82) is 0 Å². The van der Waals surface area contributed by atoms with Crippen molar-refractivity contribution in [1.82, 2.24) is 0 Å². The van der Waals surface area contributed by atoms with Crippen LogP contribution in [0.2, 0.25) is 0 Å². The number of hydrogen-bond acceptors (Lipinski definition) is 1. The first kappa shape index (κ1) is 11.5. The summed E-state index contributed by atoms with van der Waals surface area (Å²) >= 11 is 0. The number of rotatable bonds is 1. The van der Waals surface area contributed by atoms with E-state index in [1.165, 1.54) is 0 Å². The summed E-state index contributed by atoms with van der Waals surface area (Å²) in [5, 5.41) is 7.64. The fraction of sp³-hybridized carbons (Fsp3) is 1.00. The van der Waals surface area contributed by atoms with Crippen LogP contribution in [0.25, 0.3) is 0 Å². The quantitative estimate of drug-likeness (QED) is 0.640. The summed E-state index contributed by atoms with van der Waals surface area (Å²) in [7, 11) is 0. The molecule has 0 fully saturated rings. The van der Waals surface area contributed by atoms with Gasteiger partial charge in [-0.2, -0.15) is 26.3 Å². The predicted molar refractivity (Wildman–Crippen MR) is 23.0 cm³/mol. The summed E-state index contributed by atoms with van der Waals surface area (Å²) in [6.45, 7) is -2.67. The van der Waals surface area contributed by atoms with Crippen LogP contribution >= 0.6 is 0 Å². The van der Waals surface area contributed by atoms with Gasteiger partial charge in [0.25, 0.3) is 0 Å². The van der Waals surface area contributed by atoms with E-state index in [1.807, 2.05) is 0 Å². The van der Waals surface area contributed by atoms with E-state index in [-0.39, 0.29) is 0 Å². The first-order valence-electron chi connectivity index (χ1n) is 2.49. The van der Waals surface area contributed by atoms with Crippen molar-refractivity contribution in [3.8, 4) is 0 Å². The van der Waals surface area contributed by atoms with Crippen molar-refractivity contribution < 1.29 is 35.8 Å². The highest BCUT2D eigenvalue weighted by molar-refractivity contribution is 4.93. The van der Waals surface area contributed by atoms with Gasteiger partial charge in [-0.05, 0) is 0 Å². The maximum Gasteiger partial charge on any atom is 0.433 e. The minimum Gasteiger partial charge on any atom is -0.392 e. The van der Waals surface area contributed by atoms with Gasteiger partial charge < -0.3 is 5.11 Å². The van der Waals surface area contributed by atoms with Crippen LogP contribution in [0.3, 0.4) is 0 Å². The molecule has 0 aliphatic rings. The molecule has 1 nitrogen and oxygen atoms in total. The van der Waals surface area contributed by atoms with E-state index in [0.29, 0.717) is 0 Å². The SMILES string of the molecule is OCC(F)(C(F)(F)F)C(F)(F)F. The lowest BCUT2D eigenvalue weighted by Gasteiger charge is -2.27. The van der Waals surface area contributed by atoms with Crippen LogP contribution in [0.15, 0.2) is 0 Å². The Hall–Kier alpha value is -0.530. The number of halogens is 7. The van der Waals surface area contributed by atoms with Gasteiger partial charge in [-0.25, -0.2) is 4.39 Å². The second-order valence-electron chi connectivity index (χ2n) is 1.95. The molecule has 0 aliphatic carbocycles. The van der Waals surface area contributed by atoms with Crippen LogP contribution in [-0.4, -0.2) is 29.7 Å². The molecule has 0 heterocycles. The first-order valence-corrected chi connectivity index (χ1v) is 2.49. The van der Waals surface area contributed by atoms with Gasteiger partial charge in [0.1, 0.15) is 0 Å². The molecule has 0 aromatic rings. The Labute approximate surface area is 61.8 Å². The Morgan fingerprint density at radius 2 is 1.00 bits per heavy atom. The van der Waals surface area contributed by atoms with E-state index in [1.54, 1.807) is 0 Å². The molecule has 1 N–H and O–H groups in total. The lowest BCUT2D eigenvalue weighted by molar-refractivity contribution is -0.348. The molecule has 0 unspecified atom stereocenters. The van der Waals surface area contributed by atoms with Crippen LogP contribution in [0.1, 0.15) is 0 Å². The molecule has 0 aromatic heterocycles. The van der Waals surface area contributed by atoms with Gasteiger partial charge in [0, 0.05) is 0 Å². The number of aliphatic hydroxyl groups excluding tert-OH is 1. The van der Waals surface area contributed by atoms with Gasteiger partial charge in [0.15, 0.2) is 0 Å². The zero-order valence-corrected chi connectivity index (χ0v) is 5.30. The van der Waals surface area contributed by atoms with Gasteiger partial charge in [0.05, 0.1) is 6.61 Å². The van der Waals surface area contributed by atoms with Crippen LogP contribution < -0.4 is 0 Å². The average molecular weight is 200 g/mol. The minimum absolute atomic E-state index is 2.67. The summed E-state index contributed by atoms with van der Waals surface area (Å²) < 4.78 is 80.1. The van der Waals surface area contributed by atoms with Gasteiger partial charge in [0.2, 0.25) is 0 Å². The van der Waals surface area contributed by atoms with Crippen molar-refractivity contribution in [2.45, 2.75) is 18.0 Å². The largest absolute Gasteiger partial charge is 0.433 e. The number of alkyl halides is 7. The maximum absolute atomic E-state index is 12.0. The molecular formula is C4H3F7O. The topological polar surface area (TPSA) is 20.2 Å². The Bertz CT molecular complexity index is 142. The molecule has 0 spiro atoms. The summed E-state index contributed by atoms with van der Waals surface area (Å²) in [5.74, 6) is 0. The summed E-state index contributed by atoms with van der Waals surface area (Å²) in [4.78, 5) is 0. The van der Waals surface area contributed by atoms with Gasteiger partial charge in [-0.1, -0.05) is 0 Å². The van der Waals surface area contributed by atoms with E-state index < -0.39 is 24.6 Å². The summed E-state index contributed by atoms with van der Waals surface area (Å²) in [5.41, 5.74) is -5.53. The third-order valence-electron chi connectivity index (χ3n) is 1.12. The third-order valence-corrected chi connectivity index (χ3v) is 1.12. The Kier molecular flexibility index (Phi) is 2.63. The maximum atomic E-state index is 12.0. The highest BCUT2D eigenvalue weighted by Gasteiger charge is 2.72. The van der Waals surface area contributed by atoms with E-state index >= 15 is 0 Å². The molecule has 0 atom stereocenters. The van der Waals surface area contributed by atoms with E-state index in [2.05, 4.69) is 0 Å². The molecule has 0 saturated heterocycles. The second kappa shape index (κ2) is 2.75. The van der Waals surface area contributed by atoms with Gasteiger partial charge >= 0.3 is 18.0 Å². The Balaban J connectivity index is 4.95. The summed E-state index contributed by atoms with van der Waals surface area (Å²) in [6.07, 6.45) is -12.3. The zero-order chi connectivity index (χ0) is 10.2. The molecule has 0 saturated carbocycles. The van der Waals surface area contributed by atoms with Crippen LogP contribution in [-0.2, 0) is 0 Å². The molecule has 0 rings (SSSR count). The molecule has 0 amide bonds. The molecule has 0 radical (unpaired) electrons. The van der Waals surface area contributed by atoms with Crippen molar-refractivity contribution in [3.63, 3.8) is 0 Å². The van der Waals surface area contributed by atoms with Crippen molar-refractivity contribution in [2.24, 2.45) is 0 Å². The average Bonchev–Trinajstić information content (AvgIpc) is 1.81. The number of aliphatic hydroxyl groups is 1. The van der Waals surface area contributed by atoms with Crippen LogP contribution in [0.5, 0.6) is 0 Å². The van der Waals surface area contributed by atoms with Gasteiger partial charge in [-0.15, -0.1) is 0 Å². The Morgan fingerprint density at radius 1 is 0.750 bits per heavy atom. The predicted octanol–water partition coefficient (Wildman–Crippen LogP) is 1.81. The Morgan fingerprint density at radius 3 is 1.00 bits per heavy atom. The van der Waals surface area contributed by atoms with Crippen molar-refractivity contribution in [2.75, 3.05) is 6.61 Å². The molecule has 0 aliphatic heterocycles. The second-order valence-corrected chi connectivity index (χ2v) is 1.95. The molecular weight excluding hydrogens is 197 g/mol. The lowest BCUT2D eigenvalue weighted by Crippen LogP contribution is -2.55. The smallest absolute Gasteiger partial charge is 0.392 e. The van der Waals surface area contributed by atoms with Crippen molar-refractivity contribution >= 4 is 0 Å². The van der Waals surface area contributed by atoms with Crippen LogP contribution in [0.4, 0.5) is 30.7 Å². The normalized spacial score (nSPS) is 15.0. The van der Waals surface area contributed by atoms with Crippen molar-refractivity contribution in [3.05, 3.63) is 0 Å². The van der Waals surface area contributed by atoms with E-state index in [0.717, 1.165) is 0 Å². The van der Waals surface area contributed by atoms with E-state index in [4.69, 9.17) is 5.11 Å². The van der Waals surface area contributed by atoms with E-state index in [9.17, 15) is 30.7 Å². The van der Waals surface area contributed by atoms with Gasteiger partial charge in [-0.3, -0.25) is 0 Å². The van der Waals surface area contributed by atoms with Crippen LogP contribution in [0, 0.1) is 0 Å². The molecule has 12 heavy (non-hydrogen) atoms. The summed E-state index contributed by atoms with van der Waals surface area (Å²) in [6, 6.07) is 0. The standard InChI is InChI=1S/C4H3F7O/c5-2(1-12,3(6,7)8)4(9,10)11/h12H,1H2. The molecule has 8 heteroatoms. The zero-order valence-electron chi connectivity index (χ0n) is 5.30. The molecule has 0 bridgehead atoms. The number of hydrogen-bond donors (Lipinski definition) is 1. The molecule has 74 valence electrons.